The van der Waals surface area contributed by atoms with Crippen LogP contribution < -0.4 is 10.1 Å². The zero-order valence-electron chi connectivity index (χ0n) is 12.7. The SMILES string of the molecule is CCNC(C)c1cc(F)ccc1OC1CCN(C)CC1. The van der Waals surface area contributed by atoms with Crippen molar-refractivity contribution in [3.05, 3.63) is 29.6 Å². The van der Waals surface area contributed by atoms with Gasteiger partial charge in [-0.2, -0.15) is 0 Å². The molecule has 0 saturated carbocycles. The monoisotopic (exact) mass is 280 g/mol. The number of piperidine rings is 1. The van der Waals surface area contributed by atoms with Crippen LogP contribution in [0, 0.1) is 5.82 Å². The van der Waals surface area contributed by atoms with Crippen LogP contribution in [0.2, 0.25) is 0 Å². The van der Waals surface area contributed by atoms with Gasteiger partial charge in [0.1, 0.15) is 17.7 Å². The summed E-state index contributed by atoms with van der Waals surface area (Å²) in [6.45, 7) is 7.06. The number of hydrogen-bond donors (Lipinski definition) is 1. The number of ether oxygens (including phenoxy) is 1. The predicted molar refractivity (Wildman–Crippen MR) is 79.6 cm³/mol. The topological polar surface area (TPSA) is 24.5 Å². The van der Waals surface area contributed by atoms with Crippen molar-refractivity contribution in [2.24, 2.45) is 0 Å². The van der Waals surface area contributed by atoms with Crippen molar-refractivity contribution < 1.29 is 9.13 Å². The van der Waals surface area contributed by atoms with Crippen molar-refractivity contribution in [2.75, 3.05) is 26.7 Å². The maximum atomic E-state index is 13.5. The lowest BCUT2D eigenvalue weighted by Gasteiger charge is -2.30. The van der Waals surface area contributed by atoms with E-state index in [-0.39, 0.29) is 18.0 Å². The molecule has 4 heteroatoms. The van der Waals surface area contributed by atoms with Crippen molar-refractivity contribution >= 4 is 0 Å². The molecular formula is C16H25FN2O. The Hall–Kier alpha value is -1.13. The molecular weight excluding hydrogens is 255 g/mol. The van der Waals surface area contributed by atoms with Gasteiger partial charge in [0.05, 0.1) is 0 Å². The van der Waals surface area contributed by atoms with Crippen LogP contribution in [0.15, 0.2) is 18.2 Å². The van der Waals surface area contributed by atoms with E-state index in [1.807, 2.05) is 13.8 Å². The third-order valence-electron chi connectivity index (χ3n) is 3.91. The molecule has 1 aliphatic heterocycles. The molecule has 1 aromatic carbocycles. The predicted octanol–water partition coefficient (Wildman–Crippen LogP) is 2.97. The van der Waals surface area contributed by atoms with Crippen LogP contribution in [0.5, 0.6) is 5.75 Å². The molecule has 112 valence electrons. The second-order valence-electron chi connectivity index (χ2n) is 5.58. The van der Waals surface area contributed by atoms with Gasteiger partial charge in [-0.25, -0.2) is 4.39 Å². The summed E-state index contributed by atoms with van der Waals surface area (Å²) in [6.07, 6.45) is 2.30. The first kappa shape index (κ1) is 15.3. The van der Waals surface area contributed by atoms with Gasteiger partial charge in [-0.3, -0.25) is 0 Å². The molecule has 0 spiro atoms. The Morgan fingerprint density at radius 1 is 1.40 bits per heavy atom. The van der Waals surface area contributed by atoms with Crippen LogP contribution in [0.1, 0.15) is 38.3 Å². The van der Waals surface area contributed by atoms with Crippen LogP contribution in [-0.2, 0) is 0 Å². The molecule has 1 N–H and O–H groups in total. The van der Waals surface area contributed by atoms with E-state index in [1.54, 1.807) is 12.1 Å². The first-order valence-corrected chi connectivity index (χ1v) is 7.48. The molecule has 1 atom stereocenters. The molecule has 1 heterocycles. The standard InChI is InChI=1S/C16H25FN2O/c1-4-18-12(2)15-11-13(17)5-6-16(15)20-14-7-9-19(3)10-8-14/h5-6,11-12,14,18H,4,7-10H2,1-3H3. The number of halogens is 1. The highest BCUT2D eigenvalue weighted by Gasteiger charge is 2.20. The summed E-state index contributed by atoms with van der Waals surface area (Å²) >= 11 is 0. The van der Waals surface area contributed by atoms with Crippen LogP contribution >= 0.6 is 0 Å². The van der Waals surface area contributed by atoms with Gasteiger partial charge in [0.2, 0.25) is 0 Å². The largest absolute Gasteiger partial charge is 0.490 e. The maximum Gasteiger partial charge on any atom is 0.124 e. The average Bonchev–Trinajstić information content (AvgIpc) is 2.43. The van der Waals surface area contributed by atoms with Crippen molar-refractivity contribution in [1.82, 2.24) is 10.2 Å². The van der Waals surface area contributed by atoms with Gasteiger partial charge in [0.25, 0.3) is 0 Å². The van der Waals surface area contributed by atoms with E-state index in [2.05, 4.69) is 17.3 Å². The Morgan fingerprint density at radius 2 is 2.10 bits per heavy atom. The van der Waals surface area contributed by atoms with Crippen molar-refractivity contribution in [3.8, 4) is 5.75 Å². The summed E-state index contributed by atoms with van der Waals surface area (Å²) in [6, 6.07) is 4.91. The highest BCUT2D eigenvalue weighted by Crippen LogP contribution is 2.28. The summed E-state index contributed by atoms with van der Waals surface area (Å²) in [5.41, 5.74) is 0.908. The first-order chi connectivity index (χ1) is 9.60. The van der Waals surface area contributed by atoms with E-state index in [0.29, 0.717) is 0 Å². The van der Waals surface area contributed by atoms with Gasteiger partial charge in [-0.15, -0.1) is 0 Å². The van der Waals surface area contributed by atoms with Gasteiger partial charge < -0.3 is 15.0 Å². The maximum absolute atomic E-state index is 13.5. The van der Waals surface area contributed by atoms with E-state index in [4.69, 9.17) is 4.74 Å². The fraction of sp³-hybridized carbons (Fsp3) is 0.625. The summed E-state index contributed by atoms with van der Waals surface area (Å²) in [7, 11) is 2.13. The zero-order valence-corrected chi connectivity index (χ0v) is 12.7. The van der Waals surface area contributed by atoms with Crippen LogP contribution in [0.25, 0.3) is 0 Å². The number of nitrogens with one attached hydrogen (secondary N) is 1. The Balaban J connectivity index is 2.10. The zero-order chi connectivity index (χ0) is 14.5. The van der Waals surface area contributed by atoms with Gasteiger partial charge in [0.15, 0.2) is 0 Å². The Kier molecular flexibility index (Phi) is 5.38. The van der Waals surface area contributed by atoms with E-state index < -0.39 is 0 Å². The highest BCUT2D eigenvalue weighted by atomic mass is 19.1. The smallest absolute Gasteiger partial charge is 0.124 e. The van der Waals surface area contributed by atoms with Gasteiger partial charge in [-0.05, 0) is 51.6 Å². The quantitative estimate of drug-likeness (QED) is 0.897. The molecule has 1 saturated heterocycles. The lowest BCUT2D eigenvalue weighted by Crippen LogP contribution is -2.36. The number of nitrogens with zero attached hydrogens (tertiary/aromatic N) is 1. The minimum absolute atomic E-state index is 0.0944. The number of hydrogen-bond acceptors (Lipinski definition) is 3. The Morgan fingerprint density at radius 3 is 2.75 bits per heavy atom. The fourth-order valence-corrected chi connectivity index (χ4v) is 2.66. The molecule has 0 bridgehead atoms. The molecule has 1 unspecified atom stereocenters. The Labute approximate surface area is 121 Å². The molecule has 1 fully saturated rings. The molecule has 2 rings (SSSR count). The molecule has 0 radical (unpaired) electrons. The Bertz CT molecular complexity index is 430. The molecule has 0 aromatic heterocycles. The van der Waals surface area contributed by atoms with Crippen LogP contribution in [0.4, 0.5) is 4.39 Å². The average molecular weight is 280 g/mol. The van der Waals surface area contributed by atoms with Crippen molar-refractivity contribution in [3.63, 3.8) is 0 Å². The first-order valence-electron chi connectivity index (χ1n) is 7.48. The number of benzene rings is 1. The molecule has 0 amide bonds. The molecule has 20 heavy (non-hydrogen) atoms. The van der Waals surface area contributed by atoms with Crippen molar-refractivity contribution in [1.29, 1.82) is 0 Å². The van der Waals surface area contributed by atoms with Crippen LogP contribution in [0.3, 0.4) is 0 Å². The molecule has 0 aliphatic carbocycles. The van der Waals surface area contributed by atoms with E-state index in [9.17, 15) is 4.39 Å². The summed E-state index contributed by atoms with van der Waals surface area (Å²) in [5, 5.41) is 3.32. The van der Waals surface area contributed by atoms with Crippen LogP contribution in [-0.4, -0.2) is 37.7 Å². The second-order valence-corrected chi connectivity index (χ2v) is 5.58. The number of likely N-dealkylation sites (tertiary alicyclic amines) is 1. The minimum atomic E-state index is -0.208. The van der Waals surface area contributed by atoms with Gasteiger partial charge >= 0.3 is 0 Å². The molecule has 3 nitrogen and oxygen atoms in total. The summed E-state index contributed by atoms with van der Waals surface area (Å²) in [4.78, 5) is 2.31. The molecule has 1 aliphatic rings. The van der Waals surface area contributed by atoms with E-state index in [0.717, 1.165) is 43.8 Å². The number of rotatable bonds is 5. The normalized spacial score (nSPS) is 19.0. The van der Waals surface area contributed by atoms with Gasteiger partial charge in [-0.1, -0.05) is 6.92 Å². The lowest BCUT2D eigenvalue weighted by atomic mass is 10.1. The third-order valence-corrected chi connectivity index (χ3v) is 3.91. The summed E-state index contributed by atoms with van der Waals surface area (Å²) in [5.74, 6) is 0.606. The van der Waals surface area contributed by atoms with Crippen molar-refractivity contribution in [2.45, 2.75) is 38.8 Å². The van der Waals surface area contributed by atoms with E-state index >= 15 is 0 Å². The summed E-state index contributed by atoms with van der Waals surface area (Å²) < 4.78 is 19.6. The molecule has 1 aromatic rings. The van der Waals surface area contributed by atoms with Gasteiger partial charge in [0, 0.05) is 24.7 Å². The minimum Gasteiger partial charge on any atom is -0.490 e. The fourth-order valence-electron chi connectivity index (χ4n) is 2.66. The second kappa shape index (κ2) is 7.04. The van der Waals surface area contributed by atoms with E-state index in [1.165, 1.54) is 6.07 Å². The third kappa shape index (κ3) is 3.93. The lowest BCUT2D eigenvalue weighted by molar-refractivity contribution is 0.112. The highest BCUT2D eigenvalue weighted by molar-refractivity contribution is 5.36.